The Labute approximate surface area is 97.1 Å². The lowest BCUT2D eigenvalue weighted by Gasteiger charge is -2.11. The van der Waals surface area contributed by atoms with E-state index in [9.17, 15) is 4.39 Å². The van der Waals surface area contributed by atoms with Crippen LogP contribution in [0.2, 0.25) is 0 Å². The van der Waals surface area contributed by atoms with Crippen molar-refractivity contribution in [2.45, 2.75) is 32.6 Å². The summed E-state index contributed by atoms with van der Waals surface area (Å²) in [6.07, 6.45) is 2.22. The van der Waals surface area contributed by atoms with Gasteiger partial charge in [0, 0.05) is 0 Å². The second kappa shape index (κ2) is 4.96. The van der Waals surface area contributed by atoms with Gasteiger partial charge in [-0.3, -0.25) is 0 Å². The first-order valence-corrected chi connectivity index (χ1v) is 6.16. The fourth-order valence-electron chi connectivity index (χ4n) is 2.39. The minimum atomic E-state index is -0.0431. The second-order valence-electron chi connectivity index (χ2n) is 5.07. The fourth-order valence-corrected chi connectivity index (χ4v) is 2.39. The molecule has 1 fully saturated rings. The molecule has 2 rings (SSSR count). The van der Waals surface area contributed by atoms with Crippen molar-refractivity contribution in [2.24, 2.45) is 5.92 Å². The Kier molecular flexibility index (Phi) is 3.59. The van der Waals surface area contributed by atoms with Crippen LogP contribution in [0, 0.1) is 11.7 Å². The summed E-state index contributed by atoms with van der Waals surface area (Å²) in [5, 5.41) is 3.34. The maximum atomic E-state index is 13.8. The van der Waals surface area contributed by atoms with Crippen molar-refractivity contribution in [2.75, 3.05) is 13.1 Å². The first-order chi connectivity index (χ1) is 7.66. The van der Waals surface area contributed by atoms with Crippen LogP contribution in [0.5, 0.6) is 0 Å². The van der Waals surface area contributed by atoms with E-state index in [4.69, 9.17) is 0 Å². The summed E-state index contributed by atoms with van der Waals surface area (Å²) in [5.74, 6) is 0.907. The van der Waals surface area contributed by atoms with Crippen LogP contribution in [0.3, 0.4) is 0 Å². The molecule has 0 saturated carbocycles. The summed E-state index contributed by atoms with van der Waals surface area (Å²) in [7, 11) is 0. The van der Waals surface area contributed by atoms with E-state index in [-0.39, 0.29) is 11.7 Å². The summed E-state index contributed by atoms with van der Waals surface area (Å²) >= 11 is 0. The van der Waals surface area contributed by atoms with Crippen molar-refractivity contribution in [1.29, 1.82) is 0 Å². The van der Waals surface area contributed by atoms with Crippen molar-refractivity contribution < 1.29 is 4.39 Å². The molecule has 1 atom stereocenters. The molecule has 2 heteroatoms. The van der Waals surface area contributed by atoms with Crippen LogP contribution in [-0.4, -0.2) is 13.1 Å². The van der Waals surface area contributed by atoms with Gasteiger partial charge in [-0.1, -0.05) is 26.0 Å². The van der Waals surface area contributed by atoms with Crippen LogP contribution >= 0.6 is 0 Å². The standard InChI is InChI=1S/C14H20FN/c1-10(2)13-4-3-11(8-14(13)15)7-12-5-6-16-9-12/h3-4,8,10,12,16H,5-7,9H2,1-2H3. The maximum absolute atomic E-state index is 13.8. The normalized spacial score (nSPS) is 20.6. The zero-order valence-electron chi connectivity index (χ0n) is 10.1. The predicted octanol–water partition coefficient (Wildman–Crippen LogP) is 3.10. The third kappa shape index (κ3) is 2.62. The van der Waals surface area contributed by atoms with E-state index in [0.29, 0.717) is 5.92 Å². The molecular weight excluding hydrogens is 201 g/mol. The van der Waals surface area contributed by atoms with Crippen LogP contribution in [0.25, 0.3) is 0 Å². The lowest BCUT2D eigenvalue weighted by Crippen LogP contribution is -2.11. The smallest absolute Gasteiger partial charge is 0.126 e. The van der Waals surface area contributed by atoms with E-state index in [2.05, 4.69) is 11.4 Å². The van der Waals surface area contributed by atoms with Gasteiger partial charge in [0.1, 0.15) is 5.82 Å². The molecule has 0 spiro atoms. The fraction of sp³-hybridized carbons (Fsp3) is 0.571. The molecule has 16 heavy (non-hydrogen) atoms. The van der Waals surface area contributed by atoms with Gasteiger partial charge in [0.05, 0.1) is 0 Å². The average Bonchev–Trinajstić information content (AvgIpc) is 2.70. The van der Waals surface area contributed by atoms with Crippen molar-refractivity contribution in [1.82, 2.24) is 5.32 Å². The summed E-state index contributed by atoms with van der Waals surface area (Å²) < 4.78 is 13.8. The number of rotatable bonds is 3. The van der Waals surface area contributed by atoms with Crippen LogP contribution in [0.1, 0.15) is 37.3 Å². The van der Waals surface area contributed by atoms with Gasteiger partial charge in [-0.05, 0) is 55.0 Å². The SMILES string of the molecule is CC(C)c1ccc(CC2CCNC2)cc1F. The molecule has 1 heterocycles. The highest BCUT2D eigenvalue weighted by atomic mass is 19.1. The highest BCUT2D eigenvalue weighted by Crippen LogP contribution is 2.22. The first-order valence-electron chi connectivity index (χ1n) is 6.16. The molecule has 1 aromatic rings. The second-order valence-corrected chi connectivity index (χ2v) is 5.07. The molecule has 0 radical (unpaired) electrons. The molecule has 1 aliphatic rings. The molecule has 1 aromatic carbocycles. The topological polar surface area (TPSA) is 12.0 Å². The molecule has 1 saturated heterocycles. The Morgan fingerprint density at radius 1 is 1.44 bits per heavy atom. The van der Waals surface area contributed by atoms with Gasteiger partial charge < -0.3 is 5.32 Å². The maximum Gasteiger partial charge on any atom is 0.126 e. The van der Waals surface area contributed by atoms with Crippen molar-refractivity contribution in [3.63, 3.8) is 0 Å². The monoisotopic (exact) mass is 221 g/mol. The molecule has 88 valence electrons. The zero-order valence-corrected chi connectivity index (χ0v) is 10.1. The number of nitrogens with one attached hydrogen (secondary N) is 1. The number of hydrogen-bond acceptors (Lipinski definition) is 1. The van der Waals surface area contributed by atoms with Crippen molar-refractivity contribution in [3.05, 3.63) is 35.1 Å². The van der Waals surface area contributed by atoms with Crippen LogP contribution in [-0.2, 0) is 6.42 Å². The quantitative estimate of drug-likeness (QED) is 0.827. The minimum absolute atomic E-state index is 0.0431. The number of benzene rings is 1. The third-order valence-electron chi connectivity index (χ3n) is 3.37. The van der Waals surface area contributed by atoms with E-state index >= 15 is 0 Å². The van der Waals surface area contributed by atoms with Crippen molar-refractivity contribution in [3.8, 4) is 0 Å². The minimum Gasteiger partial charge on any atom is -0.316 e. The average molecular weight is 221 g/mol. The Morgan fingerprint density at radius 2 is 2.25 bits per heavy atom. The molecule has 0 aliphatic carbocycles. The van der Waals surface area contributed by atoms with Gasteiger partial charge in [-0.2, -0.15) is 0 Å². The van der Waals surface area contributed by atoms with Crippen LogP contribution in [0.15, 0.2) is 18.2 Å². The summed E-state index contributed by atoms with van der Waals surface area (Å²) in [5.41, 5.74) is 1.96. The molecule has 0 bridgehead atoms. The number of hydrogen-bond donors (Lipinski definition) is 1. The van der Waals surface area contributed by atoms with Crippen molar-refractivity contribution >= 4 is 0 Å². The summed E-state index contributed by atoms with van der Waals surface area (Å²) in [4.78, 5) is 0. The molecule has 1 unspecified atom stereocenters. The molecule has 1 nitrogen and oxygen atoms in total. The zero-order chi connectivity index (χ0) is 11.5. The highest BCUT2D eigenvalue weighted by Gasteiger charge is 2.15. The Bertz CT molecular complexity index is 354. The van der Waals surface area contributed by atoms with E-state index in [1.165, 1.54) is 6.42 Å². The van der Waals surface area contributed by atoms with E-state index in [1.54, 1.807) is 6.07 Å². The summed E-state index contributed by atoms with van der Waals surface area (Å²) in [6.45, 7) is 6.24. The van der Waals surface area contributed by atoms with Gasteiger partial charge in [0.25, 0.3) is 0 Å². The van der Waals surface area contributed by atoms with Gasteiger partial charge in [0.15, 0.2) is 0 Å². The lowest BCUT2D eigenvalue weighted by atomic mass is 9.95. The highest BCUT2D eigenvalue weighted by molar-refractivity contribution is 5.27. The van der Waals surface area contributed by atoms with E-state index in [1.807, 2.05) is 19.9 Å². The lowest BCUT2D eigenvalue weighted by molar-refractivity contribution is 0.567. The van der Waals surface area contributed by atoms with Gasteiger partial charge in [0.2, 0.25) is 0 Å². The van der Waals surface area contributed by atoms with Crippen LogP contribution < -0.4 is 5.32 Å². The largest absolute Gasteiger partial charge is 0.316 e. The van der Waals surface area contributed by atoms with E-state index in [0.717, 1.165) is 30.6 Å². The molecule has 0 amide bonds. The van der Waals surface area contributed by atoms with Crippen LogP contribution in [0.4, 0.5) is 4.39 Å². The number of halogens is 1. The summed E-state index contributed by atoms with van der Waals surface area (Å²) in [6, 6.07) is 5.74. The van der Waals surface area contributed by atoms with Gasteiger partial charge in [-0.25, -0.2) is 4.39 Å². The molecular formula is C14H20FN. The molecule has 0 aromatic heterocycles. The van der Waals surface area contributed by atoms with E-state index < -0.39 is 0 Å². The van der Waals surface area contributed by atoms with Gasteiger partial charge in [-0.15, -0.1) is 0 Å². The molecule has 1 aliphatic heterocycles. The van der Waals surface area contributed by atoms with Gasteiger partial charge >= 0.3 is 0 Å². The Balaban J connectivity index is 2.08. The Morgan fingerprint density at radius 3 is 2.81 bits per heavy atom. The first kappa shape index (κ1) is 11.6. The Hall–Kier alpha value is -0.890. The third-order valence-corrected chi connectivity index (χ3v) is 3.37. The molecule has 1 N–H and O–H groups in total. The predicted molar refractivity (Wildman–Crippen MR) is 65.2 cm³/mol.